The van der Waals surface area contributed by atoms with Crippen molar-refractivity contribution in [3.05, 3.63) is 11.9 Å². The van der Waals surface area contributed by atoms with Crippen LogP contribution in [0.4, 0.5) is 5.82 Å². The van der Waals surface area contributed by atoms with Crippen molar-refractivity contribution in [2.45, 2.75) is 29.9 Å². The van der Waals surface area contributed by atoms with Crippen molar-refractivity contribution in [3.63, 3.8) is 0 Å². The fraction of sp³-hybridized carbons (Fsp3) is 0.444. The number of nitrogens with zero attached hydrogens (tertiary/aromatic N) is 6. The summed E-state index contributed by atoms with van der Waals surface area (Å²) in [5.41, 5.74) is 3.54. The van der Waals surface area contributed by atoms with Crippen LogP contribution in [0.2, 0.25) is 0 Å². The number of nitrogens with two attached hydrogens (primary N) is 1. The molecule has 0 aliphatic rings. The zero-order chi connectivity index (χ0) is 13.1. The van der Waals surface area contributed by atoms with Gasteiger partial charge in [-0.1, -0.05) is 13.8 Å². The van der Waals surface area contributed by atoms with E-state index in [2.05, 4.69) is 44.8 Å². The third-order valence-corrected chi connectivity index (χ3v) is 3.38. The van der Waals surface area contributed by atoms with Crippen molar-refractivity contribution in [2.24, 2.45) is 12.9 Å². The monoisotopic (exact) mass is 266 g/mol. The zero-order valence-corrected chi connectivity index (χ0v) is 11.1. The molecule has 9 heteroatoms. The summed E-state index contributed by atoms with van der Waals surface area (Å²) in [7, 11) is 1.78. The average molecular weight is 266 g/mol. The molecular weight excluding hydrogens is 252 g/mol. The van der Waals surface area contributed by atoms with E-state index in [-0.39, 0.29) is 5.92 Å². The van der Waals surface area contributed by atoms with E-state index in [1.54, 1.807) is 11.7 Å². The van der Waals surface area contributed by atoms with E-state index in [9.17, 15) is 0 Å². The quantitative estimate of drug-likeness (QED) is 0.469. The van der Waals surface area contributed by atoms with Crippen LogP contribution in [0.25, 0.3) is 0 Å². The second-order valence-corrected chi connectivity index (χ2v) is 4.88. The van der Waals surface area contributed by atoms with Gasteiger partial charge in [0, 0.05) is 12.6 Å². The Balaban J connectivity index is 2.41. The minimum atomic E-state index is 0.237. The minimum absolute atomic E-state index is 0.237. The van der Waals surface area contributed by atoms with Crippen LogP contribution in [0.1, 0.15) is 25.3 Å². The normalized spacial score (nSPS) is 10.9. The summed E-state index contributed by atoms with van der Waals surface area (Å²) in [4.78, 5) is 8.38. The highest BCUT2D eigenvalue weighted by Crippen LogP contribution is 2.33. The lowest BCUT2D eigenvalue weighted by atomic mass is 10.1. The van der Waals surface area contributed by atoms with Gasteiger partial charge in [0.05, 0.1) is 0 Å². The van der Waals surface area contributed by atoms with E-state index in [4.69, 9.17) is 5.84 Å². The highest BCUT2D eigenvalue weighted by atomic mass is 32.2. The van der Waals surface area contributed by atoms with Gasteiger partial charge in [-0.15, -0.1) is 5.10 Å². The molecule has 2 aromatic rings. The zero-order valence-electron chi connectivity index (χ0n) is 10.3. The van der Waals surface area contributed by atoms with Gasteiger partial charge >= 0.3 is 0 Å². The summed E-state index contributed by atoms with van der Waals surface area (Å²) in [6.45, 7) is 4.11. The van der Waals surface area contributed by atoms with Gasteiger partial charge < -0.3 is 5.43 Å². The van der Waals surface area contributed by atoms with Crippen molar-refractivity contribution >= 4 is 17.6 Å². The van der Waals surface area contributed by atoms with Crippen LogP contribution < -0.4 is 11.3 Å². The molecule has 0 aromatic carbocycles. The van der Waals surface area contributed by atoms with Gasteiger partial charge in [-0.25, -0.2) is 20.5 Å². The Morgan fingerprint density at radius 1 is 1.39 bits per heavy atom. The fourth-order valence-electron chi connectivity index (χ4n) is 1.49. The first kappa shape index (κ1) is 12.7. The minimum Gasteiger partial charge on any atom is -0.308 e. The summed E-state index contributed by atoms with van der Waals surface area (Å²) < 4.78 is 1.59. The largest absolute Gasteiger partial charge is 0.308 e. The number of nitrogens with one attached hydrogen (secondary N) is 1. The van der Waals surface area contributed by atoms with Crippen LogP contribution in [-0.4, -0.2) is 30.2 Å². The van der Waals surface area contributed by atoms with Crippen LogP contribution in [0, 0.1) is 0 Å². The van der Waals surface area contributed by atoms with Crippen molar-refractivity contribution in [2.75, 3.05) is 5.43 Å². The lowest BCUT2D eigenvalue weighted by molar-refractivity contribution is 0.663. The molecule has 2 rings (SSSR count). The molecule has 0 radical (unpaired) electrons. The molecule has 0 saturated carbocycles. The smallest absolute Gasteiger partial charge is 0.215 e. The molecule has 0 atom stereocenters. The molecule has 0 aliphatic carbocycles. The molecular formula is C9H14N8S. The van der Waals surface area contributed by atoms with Gasteiger partial charge in [-0.05, 0) is 28.1 Å². The maximum Gasteiger partial charge on any atom is 0.215 e. The average Bonchev–Trinajstić information content (AvgIpc) is 2.74. The predicted molar refractivity (Wildman–Crippen MR) is 66.9 cm³/mol. The van der Waals surface area contributed by atoms with Crippen LogP contribution in [0.15, 0.2) is 16.5 Å². The number of hydrogen-bond donors (Lipinski definition) is 2. The van der Waals surface area contributed by atoms with Crippen LogP contribution in [0.5, 0.6) is 0 Å². The number of aromatic nitrogens is 6. The number of nitrogen functional groups attached to an aromatic ring is 1. The molecule has 18 heavy (non-hydrogen) atoms. The summed E-state index contributed by atoms with van der Waals surface area (Å²) in [5.74, 6) is 6.33. The third-order valence-electron chi connectivity index (χ3n) is 2.33. The molecule has 2 heterocycles. The molecule has 2 aromatic heterocycles. The number of tetrazole rings is 1. The maximum atomic E-state index is 5.47. The first-order valence-corrected chi connectivity index (χ1v) is 6.16. The van der Waals surface area contributed by atoms with E-state index in [0.717, 1.165) is 10.6 Å². The SMILES string of the molecule is CC(C)c1c(NN)ncnc1Sc1nnnn1C. The molecule has 0 amide bonds. The lowest BCUT2D eigenvalue weighted by Crippen LogP contribution is -2.13. The lowest BCUT2D eigenvalue weighted by Gasteiger charge is -2.14. The molecule has 0 unspecified atom stereocenters. The Morgan fingerprint density at radius 2 is 2.17 bits per heavy atom. The maximum absolute atomic E-state index is 5.47. The van der Waals surface area contributed by atoms with E-state index in [1.807, 2.05) is 0 Å². The van der Waals surface area contributed by atoms with Crippen LogP contribution in [0.3, 0.4) is 0 Å². The molecule has 8 nitrogen and oxygen atoms in total. The number of aryl methyl sites for hydroxylation is 1. The summed E-state index contributed by atoms with van der Waals surface area (Å²) in [5, 5.41) is 12.8. The van der Waals surface area contributed by atoms with Gasteiger partial charge in [0.15, 0.2) is 0 Å². The van der Waals surface area contributed by atoms with Crippen molar-refractivity contribution in [3.8, 4) is 0 Å². The van der Waals surface area contributed by atoms with Crippen molar-refractivity contribution < 1.29 is 0 Å². The molecule has 0 spiro atoms. The number of rotatable bonds is 4. The van der Waals surface area contributed by atoms with Gasteiger partial charge in [0.25, 0.3) is 0 Å². The Hall–Kier alpha value is -1.74. The number of anilines is 1. The van der Waals surface area contributed by atoms with Gasteiger partial charge in [-0.3, -0.25) is 0 Å². The van der Waals surface area contributed by atoms with Crippen molar-refractivity contribution in [1.29, 1.82) is 0 Å². The van der Waals surface area contributed by atoms with Gasteiger partial charge in [-0.2, -0.15) is 0 Å². The number of hydrazine groups is 1. The molecule has 96 valence electrons. The topological polar surface area (TPSA) is 107 Å². The highest BCUT2D eigenvalue weighted by Gasteiger charge is 2.17. The summed E-state index contributed by atoms with van der Waals surface area (Å²) in [6, 6.07) is 0. The Morgan fingerprint density at radius 3 is 2.72 bits per heavy atom. The third kappa shape index (κ3) is 2.41. The summed E-state index contributed by atoms with van der Waals surface area (Å²) >= 11 is 1.39. The predicted octanol–water partition coefficient (Wildman–Crippen LogP) is 0.560. The van der Waals surface area contributed by atoms with Crippen LogP contribution >= 0.6 is 11.8 Å². The Kier molecular flexibility index (Phi) is 3.72. The standard InChI is InChI=1S/C9H14N8S/c1-5(2)6-7(13-10)11-4-12-8(6)18-9-14-15-16-17(9)3/h4-5H,10H2,1-3H3,(H,11,12,13). The molecule has 0 saturated heterocycles. The van der Waals surface area contributed by atoms with Gasteiger partial charge in [0.1, 0.15) is 17.2 Å². The number of hydrogen-bond acceptors (Lipinski definition) is 8. The Bertz CT molecular complexity index is 537. The van der Waals surface area contributed by atoms with E-state index < -0.39 is 0 Å². The van der Waals surface area contributed by atoms with E-state index in [0.29, 0.717) is 11.0 Å². The fourth-order valence-corrected chi connectivity index (χ4v) is 2.45. The van der Waals surface area contributed by atoms with E-state index in [1.165, 1.54) is 18.1 Å². The first-order chi connectivity index (χ1) is 8.63. The van der Waals surface area contributed by atoms with Gasteiger partial charge in [0.2, 0.25) is 5.16 Å². The van der Waals surface area contributed by atoms with Crippen LogP contribution in [-0.2, 0) is 7.05 Å². The Labute approximate surface area is 108 Å². The first-order valence-electron chi connectivity index (χ1n) is 5.35. The molecule has 3 N–H and O–H groups in total. The van der Waals surface area contributed by atoms with E-state index >= 15 is 0 Å². The summed E-state index contributed by atoms with van der Waals surface area (Å²) in [6.07, 6.45) is 1.47. The second-order valence-electron chi connectivity index (χ2n) is 3.93. The molecule has 0 bridgehead atoms. The van der Waals surface area contributed by atoms with Crippen molar-refractivity contribution in [1.82, 2.24) is 30.2 Å². The second kappa shape index (κ2) is 5.27. The molecule has 0 aliphatic heterocycles. The highest BCUT2D eigenvalue weighted by molar-refractivity contribution is 7.99. The molecule has 0 fully saturated rings.